The van der Waals surface area contributed by atoms with Crippen molar-refractivity contribution in [2.75, 3.05) is 13.2 Å². The summed E-state index contributed by atoms with van der Waals surface area (Å²) >= 11 is 0. The van der Waals surface area contributed by atoms with Crippen LogP contribution < -0.4 is 0 Å². The molecule has 27 heavy (non-hydrogen) atoms. The van der Waals surface area contributed by atoms with E-state index in [1.165, 1.54) is 0 Å². The minimum atomic E-state index is -0.833. The highest BCUT2D eigenvalue weighted by Crippen LogP contribution is 2.24. The number of carboxylic acid groups (broad SMARTS) is 1. The van der Waals surface area contributed by atoms with Gasteiger partial charge in [-0.3, -0.25) is 4.79 Å². The molecular formula is C21H40O6. The third-order valence-corrected chi connectivity index (χ3v) is 3.40. The maximum Gasteiger partial charge on any atom is 0.300 e. The van der Waals surface area contributed by atoms with E-state index in [4.69, 9.17) is 29.6 Å². The highest BCUT2D eigenvalue weighted by Gasteiger charge is 2.31. The van der Waals surface area contributed by atoms with Crippen LogP contribution in [0.3, 0.4) is 0 Å². The maximum atomic E-state index is 9.00. The lowest BCUT2D eigenvalue weighted by Crippen LogP contribution is -2.21. The Morgan fingerprint density at radius 3 is 2.07 bits per heavy atom. The molecule has 0 aromatic rings. The molecule has 0 bridgehead atoms. The predicted octanol–water partition coefficient (Wildman–Crippen LogP) is 4.06. The molecule has 0 saturated carbocycles. The number of ether oxygens (including phenoxy) is 2. The minimum Gasteiger partial charge on any atom is -0.481 e. The normalized spacial score (nSPS) is 19.3. The van der Waals surface area contributed by atoms with E-state index in [9.17, 15) is 0 Å². The van der Waals surface area contributed by atoms with Crippen LogP contribution in [0, 0.1) is 0 Å². The van der Waals surface area contributed by atoms with E-state index in [1.54, 1.807) is 0 Å². The first-order chi connectivity index (χ1) is 12.7. The van der Waals surface area contributed by atoms with E-state index in [2.05, 4.69) is 32.1 Å². The molecule has 1 fully saturated rings. The van der Waals surface area contributed by atoms with Crippen molar-refractivity contribution in [1.29, 1.82) is 0 Å². The van der Waals surface area contributed by atoms with Gasteiger partial charge in [0.25, 0.3) is 5.97 Å². The van der Waals surface area contributed by atoms with Gasteiger partial charge in [0.05, 0.1) is 25.4 Å². The van der Waals surface area contributed by atoms with Crippen LogP contribution in [0.4, 0.5) is 0 Å². The predicted molar refractivity (Wildman–Crippen MR) is 109 cm³/mol. The molecule has 0 spiro atoms. The zero-order valence-electron chi connectivity index (χ0n) is 17.7. The molecule has 0 aliphatic carbocycles. The number of aliphatic hydroxyl groups is 2. The van der Waals surface area contributed by atoms with Gasteiger partial charge in [0, 0.05) is 6.92 Å². The Hall–Kier alpha value is -1.21. The third kappa shape index (κ3) is 22.7. The summed E-state index contributed by atoms with van der Waals surface area (Å²) in [4.78, 5) is 9.00. The summed E-state index contributed by atoms with van der Waals surface area (Å²) in [6, 6.07) is 0. The van der Waals surface area contributed by atoms with Gasteiger partial charge in [-0.1, -0.05) is 38.2 Å². The number of aliphatic hydroxyl groups excluding tert-OH is 2. The van der Waals surface area contributed by atoms with Crippen LogP contribution >= 0.6 is 0 Å². The Balaban J connectivity index is 0. The summed E-state index contributed by atoms with van der Waals surface area (Å²) in [6.07, 6.45) is 14.1. The van der Waals surface area contributed by atoms with E-state index in [0.29, 0.717) is 6.42 Å². The van der Waals surface area contributed by atoms with Gasteiger partial charge in [0.15, 0.2) is 5.79 Å². The Labute approximate surface area is 164 Å². The van der Waals surface area contributed by atoms with Crippen LogP contribution in [-0.2, 0) is 14.3 Å². The van der Waals surface area contributed by atoms with E-state index < -0.39 is 12.1 Å². The summed E-state index contributed by atoms with van der Waals surface area (Å²) in [7, 11) is 0. The molecule has 1 aliphatic rings. The molecular weight excluding hydrogens is 348 g/mol. The molecule has 0 radical (unpaired) electrons. The second kappa shape index (κ2) is 18.2. The number of carbonyl (C=O) groups is 1. The number of hydrogen-bond donors (Lipinski definition) is 3. The molecule has 0 amide bonds. The molecule has 6 nitrogen and oxygen atoms in total. The fraction of sp³-hybridized carbons (Fsp3) is 0.762. The van der Waals surface area contributed by atoms with E-state index in [1.807, 2.05) is 19.9 Å². The highest BCUT2D eigenvalue weighted by molar-refractivity contribution is 5.62. The summed E-state index contributed by atoms with van der Waals surface area (Å²) in [6.45, 7) is 9.85. The first kappa shape index (κ1) is 28.0. The second-order valence-electron chi connectivity index (χ2n) is 6.72. The van der Waals surface area contributed by atoms with Crippen LogP contribution in [0.25, 0.3) is 0 Å². The van der Waals surface area contributed by atoms with Crippen molar-refractivity contribution < 1.29 is 29.6 Å². The second-order valence-corrected chi connectivity index (χ2v) is 6.72. The van der Waals surface area contributed by atoms with Crippen molar-refractivity contribution in [2.24, 2.45) is 0 Å². The minimum absolute atomic E-state index is 0.125. The van der Waals surface area contributed by atoms with Gasteiger partial charge in [-0.15, -0.1) is 0 Å². The quantitative estimate of drug-likeness (QED) is 0.516. The highest BCUT2D eigenvalue weighted by atomic mass is 16.7. The van der Waals surface area contributed by atoms with Gasteiger partial charge < -0.3 is 24.8 Å². The Morgan fingerprint density at radius 2 is 1.67 bits per heavy atom. The summed E-state index contributed by atoms with van der Waals surface area (Å²) in [5.74, 6) is -1.20. The van der Waals surface area contributed by atoms with Gasteiger partial charge in [0.1, 0.15) is 0 Å². The Morgan fingerprint density at radius 1 is 1.15 bits per heavy atom. The number of hydrogen-bond acceptors (Lipinski definition) is 5. The van der Waals surface area contributed by atoms with Crippen molar-refractivity contribution in [2.45, 2.75) is 91.1 Å². The Bertz CT molecular complexity index is 399. The number of carboxylic acids is 1. The van der Waals surface area contributed by atoms with Crippen molar-refractivity contribution in [3.8, 4) is 0 Å². The SMILES string of the molecule is CC(=O)O.CC/C=C\CC[C@@H](O)CO.CC/C=C\CC[C@@H]1COC(C)(C)O1. The lowest BCUT2D eigenvalue weighted by Gasteiger charge is -2.16. The molecule has 1 heterocycles. The van der Waals surface area contributed by atoms with E-state index >= 15 is 0 Å². The average Bonchev–Trinajstić information content (AvgIpc) is 2.94. The van der Waals surface area contributed by atoms with Gasteiger partial charge in [-0.25, -0.2) is 0 Å². The number of allylic oxidation sites excluding steroid dienone is 4. The summed E-state index contributed by atoms with van der Waals surface area (Å²) in [5, 5.41) is 24.7. The van der Waals surface area contributed by atoms with Crippen molar-refractivity contribution >= 4 is 5.97 Å². The molecule has 2 atom stereocenters. The van der Waals surface area contributed by atoms with E-state index in [0.717, 1.165) is 45.6 Å². The molecule has 3 N–H and O–H groups in total. The maximum absolute atomic E-state index is 9.00. The van der Waals surface area contributed by atoms with Gasteiger partial charge in [0.2, 0.25) is 0 Å². The van der Waals surface area contributed by atoms with Crippen molar-refractivity contribution in [3.63, 3.8) is 0 Å². The van der Waals surface area contributed by atoms with Crippen LogP contribution in [0.5, 0.6) is 0 Å². The molecule has 160 valence electrons. The van der Waals surface area contributed by atoms with Gasteiger partial charge in [-0.2, -0.15) is 0 Å². The fourth-order valence-corrected chi connectivity index (χ4v) is 2.14. The van der Waals surface area contributed by atoms with Crippen LogP contribution in [-0.4, -0.2) is 52.5 Å². The van der Waals surface area contributed by atoms with Gasteiger partial charge >= 0.3 is 0 Å². The van der Waals surface area contributed by atoms with Crippen LogP contribution in [0.15, 0.2) is 24.3 Å². The topological polar surface area (TPSA) is 96.2 Å². The lowest BCUT2D eigenvalue weighted by atomic mass is 10.2. The summed E-state index contributed by atoms with van der Waals surface area (Å²) in [5.41, 5.74) is 0. The van der Waals surface area contributed by atoms with Crippen LogP contribution in [0.2, 0.25) is 0 Å². The molecule has 0 aromatic carbocycles. The lowest BCUT2D eigenvalue weighted by molar-refractivity contribution is -0.138. The molecule has 1 rings (SSSR count). The molecule has 1 aliphatic heterocycles. The van der Waals surface area contributed by atoms with Crippen molar-refractivity contribution in [3.05, 3.63) is 24.3 Å². The molecule has 0 unspecified atom stereocenters. The largest absolute Gasteiger partial charge is 0.481 e. The monoisotopic (exact) mass is 388 g/mol. The third-order valence-electron chi connectivity index (χ3n) is 3.40. The zero-order chi connectivity index (χ0) is 21.1. The van der Waals surface area contributed by atoms with E-state index in [-0.39, 0.29) is 18.5 Å². The Kier molecular flexibility index (Phi) is 18.8. The molecule has 6 heteroatoms. The first-order valence-corrected chi connectivity index (χ1v) is 9.78. The fourth-order valence-electron chi connectivity index (χ4n) is 2.14. The van der Waals surface area contributed by atoms with Gasteiger partial charge in [-0.05, 0) is 52.4 Å². The molecule has 0 aromatic heterocycles. The average molecular weight is 389 g/mol. The standard InChI is InChI=1S/C11H20O2.C8H16O2.C2H4O2/c1-4-5-6-7-8-10-9-12-11(2,3)13-10;1-2-3-4-5-6-8(10)7-9;1-2(3)4/h5-6,10H,4,7-9H2,1-3H3;3-4,8-10H,2,5-7H2,1H3;1H3,(H,3,4)/b6-5-;4-3-;/t10-;8-;/m11./s1. The van der Waals surface area contributed by atoms with Crippen molar-refractivity contribution in [1.82, 2.24) is 0 Å². The molecule has 1 saturated heterocycles. The summed E-state index contributed by atoms with van der Waals surface area (Å²) < 4.78 is 11.1. The first-order valence-electron chi connectivity index (χ1n) is 9.78. The number of aliphatic carboxylic acids is 1. The van der Waals surface area contributed by atoms with Crippen LogP contribution in [0.1, 0.15) is 73.1 Å². The number of rotatable bonds is 9. The smallest absolute Gasteiger partial charge is 0.300 e. The zero-order valence-corrected chi connectivity index (χ0v) is 17.7.